The van der Waals surface area contributed by atoms with Gasteiger partial charge in [-0.1, -0.05) is 12.2 Å². The van der Waals surface area contributed by atoms with Gasteiger partial charge in [-0.15, -0.1) is 0 Å². The highest BCUT2D eigenvalue weighted by atomic mass is 32.1. The average molecular weight is 251 g/mol. The third-order valence-electron chi connectivity index (χ3n) is 3.10. The number of pyridine rings is 1. The zero-order valence-electron chi connectivity index (χ0n) is 9.85. The van der Waals surface area contributed by atoms with Gasteiger partial charge in [0.15, 0.2) is 0 Å². The first-order valence-corrected chi connectivity index (χ1v) is 6.15. The number of thiocarbonyl (C=S) groups is 1. The minimum Gasteiger partial charge on any atom is -0.388 e. The maximum Gasteiger partial charge on any atom is 0.122 e. The van der Waals surface area contributed by atoms with Crippen molar-refractivity contribution in [3.8, 4) is 0 Å². The zero-order chi connectivity index (χ0) is 12.3. The average Bonchev–Trinajstić information content (AvgIpc) is 2.77. The highest BCUT2D eigenvalue weighted by Crippen LogP contribution is 2.24. The molecule has 0 aromatic carbocycles. The third-order valence-corrected chi connectivity index (χ3v) is 3.31. The van der Waals surface area contributed by atoms with Gasteiger partial charge in [0.25, 0.3) is 0 Å². The van der Waals surface area contributed by atoms with Gasteiger partial charge in [0, 0.05) is 13.2 Å². The van der Waals surface area contributed by atoms with Gasteiger partial charge in [0.2, 0.25) is 0 Å². The quantitative estimate of drug-likeness (QED) is 0.798. The van der Waals surface area contributed by atoms with E-state index in [0.717, 1.165) is 24.9 Å². The number of anilines is 1. The Hall–Kier alpha value is -1.20. The number of nitrogens with two attached hydrogens (primary N) is 1. The Labute approximate surface area is 107 Å². The fourth-order valence-electron chi connectivity index (χ4n) is 2.15. The van der Waals surface area contributed by atoms with Crippen molar-refractivity contribution in [1.82, 2.24) is 4.98 Å². The van der Waals surface area contributed by atoms with Crippen LogP contribution < -0.4 is 11.1 Å². The van der Waals surface area contributed by atoms with Crippen LogP contribution in [0.3, 0.4) is 0 Å². The largest absolute Gasteiger partial charge is 0.388 e. The summed E-state index contributed by atoms with van der Waals surface area (Å²) < 4.78 is 5.34. The molecule has 17 heavy (non-hydrogen) atoms. The Morgan fingerprint density at radius 1 is 1.53 bits per heavy atom. The highest BCUT2D eigenvalue weighted by molar-refractivity contribution is 7.80. The Kier molecular flexibility index (Phi) is 3.91. The predicted molar refractivity (Wildman–Crippen MR) is 72.2 cm³/mol. The van der Waals surface area contributed by atoms with Crippen LogP contribution in [-0.2, 0) is 4.74 Å². The molecule has 0 aliphatic heterocycles. The third kappa shape index (κ3) is 3.14. The van der Waals surface area contributed by atoms with E-state index >= 15 is 0 Å². The molecule has 1 heterocycles. The van der Waals surface area contributed by atoms with Crippen LogP contribution in [0.15, 0.2) is 18.3 Å². The minimum absolute atomic E-state index is 0.330. The van der Waals surface area contributed by atoms with E-state index < -0.39 is 0 Å². The molecule has 4 nitrogen and oxygen atoms in total. The second-order valence-electron chi connectivity index (χ2n) is 4.31. The Morgan fingerprint density at radius 2 is 2.35 bits per heavy atom. The molecule has 0 bridgehead atoms. The van der Waals surface area contributed by atoms with E-state index in [2.05, 4.69) is 10.3 Å². The van der Waals surface area contributed by atoms with Crippen LogP contribution in [0.4, 0.5) is 5.69 Å². The summed E-state index contributed by atoms with van der Waals surface area (Å²) in [6.07, 6.45) is 5.46. The summed E-state index contributed by atoms with van der Waals surface area (Å²) in [6, 6.07) is 4.27. The van der Waals surface area contributed by atoms with Gasteiger partial charge in [0.1, 0.15) is 4.99 Å². The number of nitrogens with zero attached hydrogens (tertiary/aromatic N) is 1. The fraction of sp³-hybridized carbons (Fsp3) is 0.500. The first-order chi connectivity index (χ1) is 8.19. The van der Waals surface area contributed by atoms with Gasteiger partial charge in [-0.3, -0.25) is 4.98 Å². The summed E-state index contributed by atoms with van der Waals surface area (Å²) in [5.74, 6) is 0. The number of aromatic nitrogens is 1. The van der Waals surface area contributed by atoms with Crippen molar-refractivity contribution < 1.29 is 4.74 Å². The predicted octanol–water partition coefficient (Wildman–Crippen LogP) is 1.70. The Morgan fingerprint density at radius 3 is 2.88 bits per heavy atom. The summed E-state index contributed by atoms with van der Waals surface area (Å²) in [4.78, 5) is 4.53. The van der Waals surface area contributed by atoms with E-state index in [1.54, 1.807) is 13.3 Å². The molecular formula is C12H17N3OS. The van der Waals surface area contributed by atoms with Crippen LogP contribution in [0, 0.1) is 0 Å². The number of rotatable bonds is 4. The molecule has 0 amide bonds. The Balaban J connectivity index is 1.93. The van der Waals surface area contributed by atoms with Crippen LogP contribution >= 0.6 is 12.2 Å². The maximum absolute atomic E-state index is 5.50. The number of methoxy groups -OCH3 is 1. The van der Waals surface area contributed by atoms with Crippen LogP contribution in [0.25, 0.3) is 0 Å². The molecule has 3 N–H and O–H groups in total. The lowest BCUT2D eigenvalue weighted by Crippen LogP contribution is -2.18. The van der Waals surface area contributed by atoms with Gasteiger partial charge in [-0.25, -0.2) is 0 Å². The highest BCUT2D eigenvalue weighted by Gasteiger charge is 2.24. The lowest BCUT2D eigenvalue weighted by atomic mass is 10.2. The minimum atomic E-state index is 0.330. The topological polar surface area (TPSA) is 60.2 Å². The van der Waals surface area contributed by atoms with Crippen molar-refractivity contribution in [2.75, 3.05) is 12.4 Å². The second kappa shape index (κ2) is 5.42. The van der Waals surface area contributed by atoms with E-state index in [1.165, 1.54) is 0 Å². The number of nitrogens with one attached hydrogen (secondary N) is 1. The lowest BCUT2D eigenvalue weighted by Gasteiger charge is -2.14. The Bertz CT molecular complexity index is 393. The van der Waals surface area contributed by atoms with Crippen LogP contribution in [0.1, 0.15) is 25.0 Å². The van der Waals surface area contributed by atoms with Crippen molar-refractivity contribution in [3.63, 3.8) is 0 Å². The van der Waals surface area contributed by atoms with Gasteiger partial charge in [-0.2, -0.15) is 0 Å². The summed E-state index contributed by atoms with van der Waals surface area (Å²) in [5, 5.41) is 3.44. The molecule has 0 radical (unpaired) electrons. The molecule has 1 aromatic rings. The maximum atomic E-state index is 5.50. The smallest absolute Gasteiger partial charge is 0.122 e. The molecule has 0 saturated heterocycles. The molecule has 0 spiro atoms. The summed E-state index contributed by atoms with van der Waals surface area (Å²) in [7, 11) is 1.77. The molecule has 1 fully saturated rings. The van der Waals surface area contributed by atoms with Crippen molar-refractivity contribution in [1.29, 1.82) is 0 Å². The van der Waals surface area contributed by atoms with Crippen molar-refractivity contribution in [3.05, 3.63) is 24.0 Å². The molecule has 92 valence electrons. The van der Waals surface area contributed by atoms with Crippen LogP contribution in [0.2, 0.25) is 0 Å². The SMILES string of the molecule is COC1CCC(Nc2ccc(C(N)=S)nc2)C1. The fourth-order valence-corrected chi connectivity index (χ4v) is 2.27. The summed E-state index contributed by atoms with van der Waals surface area (Å²) in [6.45, 7) is 0. The van der Waals surface area contributed by atoms with Gasteiger partial charge in [0.05, 0.1) is 23.7 Å². The molecule has 1 aliphatic carbocycles. The van der Waals surface area contributed by atoms with E-state index in [4.69, 9.17) is 22.7 Å². The zero-order valence-corrected chi connectivity index (χ0v) is 10.7. The molecule has 2 atom stereocenters. The molecule has 5 heteroatoms. The lowest BCUT2D eigenvalue weighted by molar-refractivity contribution is 0.108. The van der Waals surface area contributed by atoms with Crippen LogP contribution in [-0.4, -0.2) is 29.2 Å². The summed E-state index contributed by atoms with van der Waals surface area (Å²) >= 11 is 4.86. The van der Waals surface area contributed by atoms with E-state index in [9.17, 15) is 0 Å². The standard InChI is InChI=1S/C12H17N3OS/c1-16-10-4-2-8(6-10)15-9-3-5-11(12(13)17)14-7-9/h3,5,7-8,10,15H,2,4,6H2,1H3,(H2,13,17). The molecular weight excluding hydrogens is 234 g/mol. The van der Waals surface area contributed by atoms with Crippen molar-refractivity contribution in [2.24, 2.45) is 5.73 Å². The molecule has 2 rings (SSSR count). The summed E-state index contributed by atoms with van der Waals surface area (Å²) in [5.41, 5.74) is 7.16. The van der Waals surface area contributed by atoms with E-state index in [-0.39, 0.29) is 0 Å². The van der Waals surface area contributed by atoms with Gasteiger partial charge in [-0.05, 0) is 31.4 Å². The number of hydrogen-bond acceptors (Lipinski definition) is 4. The van der Waals surface area contributed by atoms with Crippen molar-refractivity contribution >= 4 is 22.9 Å². The second-order valence-corrected chi connectivity index (χ2v) is 4.75. The normalized spacial score (nSPS) is 23.6. The monoisotopic (exact) mass is 251 g/mol. The molecule has 1 aliphatic rings. The van der Waals surface area contributed by atoms with Gasteiger partial charge >= 0.3 is 0 Å². The first kappa shape index (κ1) is 12.3. The van der Waals surface area contributed by atoms with Crippen molar-refractivity contribution in [2.45, 2.75) is 31.4 Å². The first-order valence-electron chi connectivity index (χ1n) is 5.74. The van der Waals surface area contributed by atoms with Gasteiger partial charge < -0.3 is 15.8 Å². The van der Waals surface area contributed by atoms with E-state index in [1.807, 2.05) is 12.1 Å². The molecule has 1 aromatic heterocycles. The number of ether oxygens (including phenoxy) is 1. The molecule has 2 unspecified atom stereocenters. The molecule has 1 saturated carbocycles. The number of hydrogen-bond donors (Lipinski definition) is 2. The van der Waals surface area contributed by atoms with Crippen LogP contribution in [0.5, 0.6) is 0 Å². The van der Waals surface area contributed by atoms with E-state index in [0.29, 0.717) is 22.8 Å².